The van der Waals surface area contributed by atoms with Crippen molar-refractivity contribution in [1.82, 2.24) is 10.2 Å². The van der Waals surface area contributed by atoms with Crippen LogP contribution in [0.25, 0.3) is 0 Å². The predicted molar refractivity (Wildman–Crippen MR) is 141 cm³/mol. The summed E-state index contributed by atoms with van der Waals surface area (Å²) in [6.07, 6.45) is 0. The lowest BCUT2D eigenvalue weighted by Crippen LogP contribution is -2.51. The Labute approximate surface area is 212 Å². The van der Waals surface area contributed by atoms with Crippen LogP contribution in [0.15, 0.2) is 66.7 Å². The summed E-state index contributed by atoms with van der Waals surface area (Å²) in [7, 11) is 3.32. The zero-order valence-electron chi connectivity index (χ0n) is 20.5. The van der Waals surface area contributed by atoms with Crippen LogP contribution in [0.5, 0.6) is 11.5 Å². The van der Waals surface area contributed by atoms with Crippen molar-refractivity contribution in [3.8, 4) is 11.5 Å². The van der Waals surface area contributed by atoms with E-state index in [-0.39, 0.29) is 5.91 Å². The number of hydrogen-bond acceptors (Lipinski definition) is 5. The maximum atomic E-state index is 12.3. The van der Waals surface area contributed by atoms with Gasteiger partial charge in [0.15, 0.2) is 11.5 Å². The van der Waals surface area contributed by atoms with E-state index in [9.17, 15) is 4.79 Å². The van der Waals surface area contributed by atoms with Gasteiger partial charge < -0.3 is 19.7 Å². The van der Waals surface area contributed by atoms with Crippen LogP contribution in [0.1, 0.15) is 28.4 Å². The quantitative estimate of drug-likeness (QED) is 0.478. The van der Waals surface area contributed by atoms with E-state index in [1.807, 2.05) is 6.07 Å². The summed E-state index contributed by atoms with van der Waals surface area (Å²) in [6.45, 7) is 6.55. The van der Waals surface area contributed by atoms with Gasteiger partial charge in [-0.2, -0.15) is 0 Å². The molecule has 1 N–H and O–H groups in total. The van der Waals surface area contributed by atoms with Gasteiger partial charge in [0.25, 0.3) is 5.91 Å². The zero-order valence-corrected chi connectivity index (χ0v) is 21.2. The summed E-state index contributed by atoms with van der Waals surface area (Å²) in [6, 6.07) is 21.9. The molecule has 3 aromatic carbocycles. The average Bonchev–Trinajstić information content (AvgIpc) is 2.88. The van der Waals surface area contributed by atoms with Gasteiger partial charge in [0.2, 0.25) is 0 Å². The fraction of sp³-hybridized carbons (Fsp3) is 0.321. The van der Waals surface area contributed by atoms with E-state index in [0.717, 1.165) is 43.2 Å². The van der Waals surface area contributed by atoms with Crippen LogP contribution in [0.2, 0.25) is 5.02 Å². The SMILES string of the molecule is COc1ccc(CN2CCN(c3ccc(CNC(=O)c4ccc(Cl)cc4)cc3)C(C)C2)cc1OC. The summed E-state index contributed by atoms with van der Waals surface area (Å²) >= 11 is 5.90. The smallest absolute Gasteiger partial charge is 0.251 e. The van der Waals surface area contributed by atoms with Gasteiger partial charge in [-0.1, -0.05) is 29.8 Å². The third-order valence-corrected chi connectivity index (χ3v) is 6.65. The highest BCUT2D eigenvalue weighted by atomic mass is 35.5. The molecule has 4 rings (SSSR count). The largest absolute Gasteiger partial charge is 0.493 e. The molecule has 7 heteroatoms. The summed E-state index contributed by atoms with van der Waals surface area (Å²) in [5, 5.41) is 3.59. The number of anilines is 1. The number of halogens is 1. The number of benzene rings is 3. The molecule has 1 unspecified atom stereocenters. The van der Waals surface area contributed by atoms with Crippen LogP contribution < -0.4 is 19.7 Å². The maximum Gasteiger partial charge on any atom is 0.251 e. The molecule has 1 aliphatic rings. The molecule has 184 valence electrons. The lowest BCUT2D eigenvalue weighted by Gasteiger charge is -2.41. The Bertz CT molecular complexity index is 1140. The number of hydrogen-bond donors (Lipinski definition) is 1. The van der Waals surface area contributed by atoms with E-state index in [1.165, 1.54) is 11.3 Å². The molecule has 0 radical (unpaired) electrons. The Morgan fingerprint density at radius 2 is 1.63 bits per heavy atom. The van der Waals surface area contributed by atoms with Crippen LogP contribution in [0.3, 0.4) is 0 Å². The van der Waals surface area contributed by atoms with Crippen LogP contribution in [-0.4, -0.2) is 50.7 Å². The molecule has 1 amide bonds. The fourth-order valence-electron chi connectivity index (χ4n) is 4.49. The minimum Gasteiger partial charge on any atom is -0.493 e. The van der Waals surface area contributed by atoms with Crippen molar-refractivity contribution in [1.29, 1.82) is 0 Å². The van der Waals surface area contributed by atoms with Gasteiger partial charge in [-0.15, -0.1) is 0 Å². The monoisotopic (exact) mass is 493 g/mol. The number of carbonyl (C=O) groups excluding carboxylic acids is 1. The van der Waals surface area contributed by atoms with Crippen molar-refractivity contribution in [2.75, 3.05) is 38.8 Å². The molecular weight excluding hydrogens is 462 g/mol. The first-order chi connectivity index (χ1) is 17.0. The summed E-state index contributed by atoms with van der Waals surface area (Å²) < 4.78 is 10.8. The van der Waals surface area contributed by atoms with Gasteiger partial charge in [0.1, 0.15) is 0 Å². The molecule has 0 bridgehead atoms. The molecule has 1 saturated heterocycles. The molecule has 0 aliphatic carbocycles. The Morgan fingerprint density at radius 3 is 2.29 bits per heavy atom. The van der Waals surface area contributed by atoms with Crippen molar-refractivity contribution < 1.29 is 14.3 Å². The Balaban J connectivity index is 1.30. The number of carbonyl (C=O) groups is 1. The number of piperazine rings is 1. The standard InChI is InChI=1S/C28H32ClN3O3/c1-20-18-31(19-22-6-13-26(34-2)27(16-22)35-3)14-15-32(20)25-11-4-21(5-12-25)17-30-28(33)23-7-9-24(29)10-8-23/h4-13,16,20H,14-15,17-19H2,1-3H3,(H,30,33). The Hall–Kier alpha value is -3.22. The van der Waals surface area contributed by atoms with Gasteiger partial charge in [-0.3, -0.25) is 9.69 Å². The minimum absolute atomic E-state index is 0.107. The number of methoxy groups -OCH3 is 2. The van der Waals surface area contributed by atoms with Crippen LogP contribution >= 0.6 is 11.6 Å². The molecule has 35 heavy (non-hydrogen) atoms. The summed E-state index contributed by atoms with van der Waals surface area (Å²) in [5.74, 6) is 1.41. The average molecular weight is 494 g/mol. The molecule has 0 aromatic heterocycles. The van der Waals surface area contributed by atoms with Crippen molar-refractivity contribution in [3.05, 3.63) is 88.4 Å². The third kappa shape index (κ3) is 6.27. The summed E-state index contributed by atoms with van der Waals surface area (Å²) in [4.78, 5) is 17.3. The zero-order chi connectivity index (χ0) is 24.8. The fourth-order valence-corrected chi connectivity index (χ4v) is 4.61. The third-order valence-electron chi connectivity index (χ3n) is 6.39. The van der Waals surface area contributed by atoms with Crippen molar-refractivity contribution >= 4 is 23.2 Å². The van der Waals surface area contributed by atoms with Crippen molar-refractivity contribution in [2.24, 2.45) is 0 Å². The van der Waals surface area contributed by atoms with Gasteiger partial charge in [-0.25, -0.2) is 0 Å². The molecular formula is C28H32ClN3O3. The van der Waals surface area contributed by atoms with E-state index in [0.29, 0.717) is 23.2 Å². The molecule has 1 fully saturated rings. The number of amides is 1. The van der Waals surface area contributed by atoms with Crippen molar-refractivity contribution in [3.63, 3.8) is 0 Å². The van der Waals surface area contributed by atoms with Gasteiger partial charge in [-0.05, 0) is 66.6 Å². The number of ether oxygens (including phenoxy) is 2. The molecule has 1 atom stereocenters. The highest BCUT2D eigenvalue weighted by Gasteiger charge is 2.24. The second-order valence-electron chi connectivity index (χ2n) is 8.82. The highest BCUT2D eigenvalue weighted by molar-refractivity contribution is 6.30. The lowest BCUT2D eigenvalue weighted by molar-refractivity contribution is 0.0951. The van der Waals surface area contributed by atoms with E-state index in [4.69, 9.17) is 21.1 Å². The number of nitrogens with zero attached hydrogens (tertiary/aromatic N) is 2. The van der Waals surface area contributed by atoms with E-state index in [2.05, 4.69) is 58.4 Å². The van der Waals surface area contributed by atoms with E-state index in [1.54, 1.807) is 38.5 Å². The van der Waals surface area contributed by atoms with Crippen LogP contribution in [0, 0.1) is 0 Å². The molecule has 1 heterocycles. The highest BCUT2D eigenvalue weighted by Crippen LogP contribution is 2.29. The molecule has 3 aromatic rings. The predicted octanol–water partition coefficient (Wildman–Crippen LogP) is 5.00. The first kappa shape index (κ1) is 24.9. The van der Waals surface area contributed by atoms with Gasteiger partial charge in [0, 0.05) is 55.0 Å². The first-order valence-electron chi connectivity index (χ1n) is 11.8. The summed E-state index contributed by atoms with van der Waals surface area (Å²) in [5.41, 5.74) is 4.09. The second-order valence-corrected chi connectivity index (χ2v) is 9.26. The topological polar surface area (TPSA) is 54.0 Å². The van der Waals surface area contributed by atoms with Crippen molar-refractivity contribution in [2.45, 2.75) is 26.1 Å². The van der Waals surface area contributed by atoms with E-state index < -0.39 is 0 Å². The molecule has 0 saturated carbocycles. The second kappa shape index (κ2) is 11.5. The first-order valence-corrected chi connectivity index (χ1v) is 12.2. The Morgan fingerprint density at radius 1 is 0.943 bits per heavy atom. The maximum absolute atomic E-state index is 12.3. The Kier molecular flexibility index (Phi) is 8.16. The molecule has 1 aliphatic heterocycles. The molecule has 6 nitrogen and oxygen atoms in total. The van der Waals surface area contributed by atoms with Crippen LogP contribution in [0.4, 0.5) is 5.69 Å². The van der Waals surface area contributed by atoms with Gasteiger partial charge in [0.05, 0.1) is 14.2 Å². The van der Waals surface area contributed by atoms with Crippen LogP contribution in [-0.2, 0) is 13.1 Å². The minimum atomic E-state index is -0.107. The lowest BCUT2D eigenvalue weighted by atomic mass is 10.1. The number of rotatable bonds is 8. The molecule has 0 spiro atoms. The van der Waals surface area contributed by atoms with Gasteiger partial charge >= 0.3 is 0 Å². The number of nitrogens with one attached hydrogen (secondary N) is 1. The van der Waals surface area contributed by atoms with E-state index >= 15 is 0 Å². The normalized spacial score (nSPS) is 16.1.